The number of guanidine groups is 1. The van der Waals surface area contributed by atoms with Crippen LogP contribution in [0, 0.1) is 5.92 Å². The monoisotopic (exact) mass is 243 g/mol. The zero-order valence-electron chi connectivity index (χ0n) is 11.4. The van der Waals surface area contributed by atoms with Gasteiger partial charge in [-0.2, -0.15) is 0 Å². The molecule has 0 saturated carbocycles. The summed E-state index contributed by atoms with van der Waals surface area (Å²) in [6, 6.07) is -0.256. The molecule has 0 radical (unpaired) electrons. The van der Waals surface area contributed by atoms with Crippen molar-refractivity contribution in [2.24, 2.45) is 16.8 Å². The van der Waals surface area contributed by atoms with Gasteiger partial charge in [0, 0.05) is 12.6 Å². The van der Waals surface area contributed by atoms with Gasteiger partial charge in [0.1, 0.15) is 6.04 Å². The summed E-state index contributed by atoms with van der Waals surface area (Å²) in [4.78, 5) is 15.9. The van der Waals surface area contributed by atoms with Gasteiger partial charge in [-0.05, 0) is 26.7 Å². The first kappa shape index (κ1) is 15.7. The molecule has 0 aromatic rings. The number of carbonyl (C=O) groups excluding carboxylic acids is 1. The van der Waals surface area contributed by atoms with E-state index in [9.17, 15) is 4.79 Å². The first-order chi connectivity index (χ1) is 7.86. The van der Waals surface area contributed by atoms with E-state index in [1.807, 2.05) is 13.8 Å². The van der Waals surface area contributed by atoms with E-state index >= 15 is 0 Å². The van der Waals surface area contributed by atoms with E-state index in [0.29, 0.717) is 18.4 Å². The number of rotatable bonds is 5. The molecule has 5 N–H and O–H groups in total. The number of nitrogens with two attached hydrogens (primary N) is 1. The molecule has 0 bridgehead atoms. The molecule has 0 aromatic carbocycles. The molecule has 0 heterocycles. The Balaban J connectivity index is 4.27. The van der Waals surface area contributed by atoms with Crippen molar-refractivity contribution in [3.63, 3.8) is 0 Å². The Labute approximate surface area is 103 Å². The maximum Gasteiger partial charge on any atom is 0.242 e. The Kier molecular flexibility index (Phi) is 7.29. The van der Waals surface area contributed by atoms with Gasteiger partial charge in [0.2, 0.25) is 11.9 Å². The zero-order valence-corrected chi connectivity index (χ0v) is 11.4. The summed E-state index contributed by atoms with van der Waals surface area (Å²) in [7, 11) is 0. The van der Waals surface area contributed by atoms with Crippen molar-refractivity contribution in [2.45, 2.75) is 46.7 Å². The zero-order chi connectivity index (χ0) is 13.4. The van der Waals surface area contributed by atoms with Gasteiger partial charge in [-0.25, -0.2) is 5.84 Å². The van der Waals surface area contributed by atoms with Gasteiger partial charge >= 0.3 is 0 Å². The highest BCUT2D eigenvalue weighted by molar-refractivity contribution is 5.88. The van der Waals surface area contributed by atoms with Gasteiger partial charge in [-0.15, -0.1) is 0 Å². The van der Waals surface area contributed by atoms with Crippen molar-refractivity contribution in [3.05, 3.63) is 0 Å². The maximum absolute atomic E-state index is 11.6. The molecule has 100 valence electrons. The molecular formula is C11H25N5O. The lowest BCUT2D eigenvalue weighted by molar-refractivity contribution is -0.122. The van der Waals surface area contributed by atoms with Gasteiger partial charge in [-0.1, -0.05) is 13.8 Å². The van der Waals surface area contributed by atoms with Crippen LogP contribution in [-0.4, -0.2) is 30.5 Å². The lowest BCUT2D eigenvalue weighted by Crippen LogP contribution is -2.52. The van der Waals surface area contributed by atoms with Crippen LogP contribution in [0.4, 0.5) is 0 Å². The molecule has 0 aliphatic carbocycles. The molecule has 0 fully saturated rings. The van der Waals surface area contributed by atoms with E-state index in [0.717, 1.165) is 0 Å². The van der Waals surface area contributed by atoms with Crippen LogP contribution in [0.2, 0.25) is 0 Å². The number of nitrogens with zero attached hydrogens (tertiary/aromatic N) is 1. The second-order valence-corrected chi connectivity index (χ2v) is 4.76. The van der Waals surface area contributed by atoms with Crippen LogP contribution in [0.25, 0.3) is 0 Å². The molecule has 0 aliphatic rings. The second-order valence-electron chi connectivity index (χ2n) is 4.76. The summed E-state index contributed by atoms with van der Waals surface area (Å²) in [6.45, 7) is 10.4. The molecule has 1 amide bonds. The number of carbonyl (C=O) groups is 1. The summed E-state index contributed by atoms with van der Waals surface area (Å²) in [5.74, 6) is 6.14. The normalized spacial score (nSPS) is 13.8. The van der Waals surface area contributed by atoms with Crippen molar-refractivity contribution in [3.8, 4) is 0 Å². The third-order valence-corrected chi connectivity index (χ3v) is 1.93. The van der Waals surface area contributed by atoms with E-state index < -0.39 is 0 Å². The van der Waals surface area contributed by atoms with Crippen molar-refractivity contribution >= 4 is 11.9 Å². The Morgan fingerprint density at radius 2 is 1.76 bits per heavy atom. The molecule has 1 unspecified atom stereocenters. The second kappa shape index (κ2) is 7.89. The number of hydrogen-bond donors (Lipinski definition) is 4. The van der Waals surface area contributed by atoms with Gasteiger partial charge in [-0.3, -0.25) is 15.2 Å². The quantitative estimate of drug-likeness (QED) is 0.236. The average Bonchev–Trinajstić information content (AvgIpc) is 2.22. The SMILES string of the molecule is CC(C)CN=C(NN)NC(C)C(=O)NC(C)C. The number of aliphatic imine (C=N–C) groups is 1. The summed E-state index contributed by atoms with van der Waals surface area (Å²) < 4.78 is 0. The van der Waals surface area contributed by atoms with Crippen molar-refractivity contribution in [1.82, 2.24) is 16.1 Å². The summed E-state index contributed by atoms with van der Waals surface area (Å²) in [5, 5.41) is 5.74. The third kappa shape index (κ3) is 7.57. The summed E-state index contributed by atoms with van der Waals surface area (Å²) in [5.41, 5.74) is 2.46. The number of amides is 1. The van der Waals surface area contributed by atoms with E-state index in [2.05, 4.69) is 34.9 Å². The molecular weight excluding hydrogens is 218 g/mol. The summed E-state index contributed by atoms with van der Waals surface area (Å²) >= 11 is 0. The van der Waals surface area contributed by atoms with E-state index in [4.69, 9.17) is 5.84 Å². The van der Waals surface area contributed by atoms with Crippen LogP contribution in [0.1, 0.15) is 34.6 Å². The highest BCUT2D eigenvalue weighted by Crippen LogP contribution is 1.92. The minimum Gasteiger partial charge on any atom is -0.352 e. The van der Waals surface area contributed by atoms with Crippen LogP contribution >= 0.6 is 0 Å². The van der Waals surface area contributed by atoms with E-state index in [-0.39, 0.29) is 18.0 Å². The van der Waals surface area contributed by atoms with Gasteiger partial charge in [0.25, 0.3) is 0 Å². The first-order valence-electron chi connectivity index (χ1n) is 5.94. The van der Waals surface area contributed by atoms with Crippen molar-refractivity contribution in [1.29, 1.82) is 0 Å². The molecule has 1 atom stereocenters. The van der Waals surface area contributed by atoms with Gasteiger partial charge < -0.3 is 10.6 Å². The van der Waals surface area contributed by atoms with Crippen LogP contribution < -0.4 is 21.9 Å². The lowest BCUT2D eigenvalue weighted by Gasteiger charge is -2.18. The molecule has 6 heteroatoms. The van der Waals surface area contributed by atoms with Crippen LogP contribution in [0.5, 0.6) is 0 Å². The van der Waals surface area contributed by atoms with Gasteiger partial charge in [0.05, 0.1) is 0 Å². The smallest absolute Gasteiger partial charge is 0.242 e. The van der Waals surface area contributed by atoms with Crippen molar-refractivity contribution in [2.75, 3.05) is 6.54 Å². The third-order valence-electron chi connectivity index (χ3n) is 1.93. The largest absolute Gasteiger partial charge is 0.352 e. The molecule has 6 nitrogen and oxygen atoms in total. The number of nitrogens with one attached hydrogen (secondary N) is 3. The summed E-state index contributed by atoms with van der Waals surface area (Å²) in [6.07, 6.45) is 0. The topological polar surface area (TPSA) is 91.5 Å². The average molecular weight is 243 g/mol. The number of hydrazine groups is 1. The molecule has 0 spiro atoms. The van der Waals surface area contributed by atoms with Crippen LogP contribution in [0.15, 0.2) is 4.99 Å². The Morgan fingerprint density at radius 3 is 2.18 bits per heavy atom. The molecule has 0 saturated heterocycles. The minimum atomic E-state index is -0.376. The fourth-order valence-corrected chi connectivity index (χ4v) is 1.09. The first-order valence-corrected chi connectivity index (χ1v) is 5.94. The van der Waals surface area contributed by atoms with Crippen LogP contribution in [0.3, 0.4) is 0 Å². The fourth-order valence-electron chi connectivity index (χ4n) is 1.09. The fraction of sp³-hybridized carbons (Fsp3) is 0.818. The maximum atomic E-state index is 11.6. The molecule has 0 aliphatic heterocycles. The predicted molar refractivity (Wildman–Crippen MR) is 70.3 cm³/mol. The molecule has 0 aromatic heterocycles. The van der Waals surface area contributed by atoms with E-state index in [1.54, 1.807) is 6.92 Å². The minimum absolute atomic E-state index is 0.0764. The molecule has 17 heavy (non-hydrogen) atoms. The lowest BCUT2D eigenvalue weighted by atomic mass is 10.2. The highest BCUT2D eigenvalue weighted by atomic mass is 16.2. The Hall–Kier alpha value is -1.30. The van der Waals surface area contributed by atoms with Crippen molar-refractivity contribution < 1.29 is 4.79 Å². The molecule has 0 rings (SSSR count). The van der Waals surface area contributed by atoms with Crippen LogP contribution in [-0.2, 0) is 4.79 Å². The Morgan fingerprint density at radius 1 is 1.18 bits per heavy atom. The Bertz CT molecular complexity index is 263. The number of hydrogen-bond acceptors (Lipinski definition) is 3. The predicted octanol–water partition coefficient (Wildman–Crippen LogP) is -0.0356. The standard InChI is InChI=1S/C11H25N5O/c1-7(2)6-13-11(16-12)15-9(5)10(17)14-8(3)4/h7-9H,6,12H2,1-5H3,(H,14,17)(H2,13,15,16). The van der Waals surface area contributed by atoms with Gasteiger partial charge in [0.15, 0.2) is 0 Å². The van der Waals surface area contributed by atoms with E-state index in [1.165, 1.54) is 0 Å². The highest BCUT2D eigenvalue weighted by Gasteiger charge is 2.14.